The highest BCUT2D eigenvalue weighted by Crippen LogP contribution is 2.46. The van der Waals surface area contributed by atoms with Crippen LogP contribution in [-0.2, 0) is 17.8 Å². The van der Waals surface area contributed by atoms with Gasteiger partial charge in [0.05, 0.1) is 23.5 Å². The van der Waals surface area contributed by atoms with E-state index < -0.39 is 16.6 Å². The molecule has 2 fully saturated rings. The van der Waals surface area contributed by atoms with Gasteiger partial charge in [0.2, 0.25) is 5.91 Å². The number of amides is 3. The smallest absolute Gasteiger partial charge is 0.328 e. The van der Waals surface area contributed by atoms with Crippen LogP contribution in [0.25, 0.3) is 0 Å². The van der Waals surface area contributed by atoms with Crippen LogP contribution in [0, 0.1) is 11.3 Å². The largest absolute Gasteiger partial charge is 0.379 e. The predicted octanol–water partition coefficient (Wildman–Crippen LogP) is 2.35. The van der Waals surface area contributed by atoms with Gasteiger partial charge in [0.1, 0.15) is 23.4 Å². The van der Waals surface area contributed by atoms with Crippen molar-refractivity contribution in [3.63, 3.8) is 0 Å². The molecular weight excluding hydrogens is 536 g/mol. The van der Waals surface area contributed by atoms with E-state index in [1.807, 2.05) is 18.0 Å². The summed E-state index contributed by atoms with van der Waals surface area (Å²) in [4.78, 5) is 51.7. The summed E-state index contributed by atoms with van der Waals surface area (Å²) in [7, 11) is -0.727. The summed E-state index contributed by atoms with van der Waals surface area (Å²) in [6, 6.07) is 4.79. The molecule has 1 atom stereocenters. The Morgan fingerprint density at radius 1 is 1.30 bits per heavy atom. The van der Waals surface area contributed by atoms with Crippen molar-refractivity contribution in [3.8, 4) is 6.07 Å². The van der Waals surface area contributed by atoms with Gasteiger partial charge in [-0.05, 0) is 37.9 Å². The molecule has 212 valence electrons. The SMILES string of the molecule is CN1CCN(Cc2cc3c(nc2C=O)N(C(=O)Nc2cc(NC4CCS(O)(O)C4)c(C#N)cn2)CCC3)C(=O)C1. The lowest BCUT2D eigenvalue weighted by molar-refractivity contribution is -0.136. The average molecular weight is 569 g/mol. The number of nitrogens with zero attached hydrogens (tertiary/aromatic N) is 6. The number of aromatic nitrogens is 2. The van der Waals surface area contributed by atoms with Crippen LogP contribution in [0.4, 0.5) is 22.1 Å². The Morgan fingerprint density at radius 2 is 2.12 bits per heavy atom. The third-order valence-electron chi connectivity index (χ3n) is 7.38. The minimum Gasteiger partial charge on any atom is -0.379 e. The van der Waals surface area contributed by atoms with Crippen molar-refractivity contribution in [1.29, 1.82) is 5.26 Å². The fraction of sp³-hybridized carbons (Fsp3) is 0.462. The number of nitrogens with one attached hydrogen (secondary N) is 2. The standard InChI is InChI=1S/C26H32N8O5S/c1-32-6-7-33(24(36)14-32)13-18-9-17-3-2-5-34(25(17)30-22(18)15-35)26(37)31-23-10-21(19(11-27)12-28-23)29-20-4-8-40(38,39)16-20/h9-10,12,15,20,38-39H,2-8,13-14,16H2,1H3,(H2,28,29,31,37). The van der Waals surface area contributed by atoms with E-state index in [9.17, 15) is 28.8 Å². The number of nitriles is 1. The van der Waals surface area contributed by atoms with E-state index in [4.69, 9.17) is 0 Å². The van der Waals surface area contributed by atoms with Crippen LogP contribution in [0.2, 0.25) is 0 Å². The lowest BCUT2D eigenvalue weighted by Crippen LogP contribution is -2.48. The van der Waals surface area contributed by atoms with E-state index in [0.29, 0.717) is 68.0 Å². The highest BCUT2D eigenvalue weighted by atomic mass is 32.3. The summed E-state index contributed by atoms with van der Waals surface area (Å²) in [5.74, 6) is 1.10. The molecular formula is C26H32N8O5S. The molecule has 40 heavy (non-hydrogen) atoms. The van der Waals surface area contributed by atoms with Crippen molar-refractivity contribution in [2.24, 2.45) is 0 Å². The molecule has 13 nitrogen and oxygen atoms in total. The Bertz CT molecular complexity index is 1380. The monoisotopic (exact) mass is 568 g/mol. The summed E-state index contributed by atoms with van der Waals surface area (Å²) >= 11 is 0. The molecule has 3 amide bonds. The third-order valence-corrected chi connectivity index (χ3v) is 9.21. The maximum absolute atomic E-state index is 13.3. The van der Waals surface area contributed by atoms with Crippen molar-refractivity contribution < 1.29 is 23.5 Å². The summed E-state index contributed by atoms with van der Waals surface area (Å²) in [5.41, 5.74) is 2.38. The number of urea groups is 1. The quantitative estimate of drug-likeness (QED) is 0.379. The van der Waals surface area contributed by atoms with Gasteiger partial charge >= 0.3 is 6.03 Å². The second-order valence-corrected chi connectivity index (χ2v) is 12.7. The Kier molecular flexibility index (Phi) is 7.90. The zero-order chi connectivity index (χ0) is 28.4. The first kappa shape index (κ1) is 27.8. The number of fused-ring (bicyclic) bond motifs is 1. The number of pyridine rings is 2. The van der Waals surface area contributed by atoms with Gasteiger partial charge in [-0.3, -0.25) is 33.8 Å². The molecule has 4 N–H and O–H groups in total. The first-order valence-corrected chi connectivity index (χ1v) is 15.0. The molecule has 2 aromatic rings. The Hall–Kier alpha value is -3.77. The highest BCUT2D eigenvalue weighted by molar-refractivity contribution is 8.24. The van der Waals surface area contributed by atoms with Crippen LogP contribution in [0.15, 0.2) is 18.3 Å². The predicted molar refractivity (Wildman–Crippen MR) is 151 cm³/mol. The maximum Gasteiger partial charge on any atom is 0.328 e. The van der Waals surface area contributed by atoms with Gasteiger partial charge in [-0.15, -0.1) is 0 Å². The topological polar surface area (TPSA) is 175 Å². The van der Waals surface area contributed by atoms with Crippen LogP contribution in [-0.4, -0.2) is 97.9 Å². The van der Waals surface area contributed by atoms with Crippen LogP contribution >= 0.6 is 10.6 Å². The van der Waals surface area contributed by atoms with Crippen LogP contribution in [0.5, 0.6) is 0 Å². The summed E-state index contributed by atoms with van der Waals surface area (Å²) in [5, 5.41) is 15.4. The first-order chi connectivity index (χ1) is 19.2. The Morgan fingerprint density at radius 3 is 2.83 bits per heavy atom. The fourth-order valence-electron chi connectivity index (χ4n) is 5.25. The maximum atomic E-state index is 13.3. The van der Waals surface area contributed by atoms with Gasteiger partial charge in [-0.25, -0.2) is 14.8 Å². The zero-order valence-corrected chi connectivity index (χ0v) is 23.0. The minimum absolute atomic E-state index is 0.00526. The third kappa shape index (κ3) is 6.02. The lowest BCUT2D eigenvalue weighted by Gasteiger charge is -2.33. The molecule has 0 saturated carbocycles. The van der Waals surface area contributed by atoms with E-state index in [1.165, 1.54) is 11.1 Å². The molecule has 0 bridgehead atoms. The van der Waals surface area contributed by atoms with Gasteiger partial charge in [0.25, 0.3) is 0 Å². The molecule has 0 aliphatic carbocycles. The van der Waals surface area contributed by atoms with Crippen LogP contribution < -0.4 is 15.5 Å². The van der Waals surface area contributed by atoms with Gasteiger partial charge in [-0.2, -0.15) is 15.9 Å². The number of hydrogen-bond acceptors (Lipinski definition) is 10. The molecule has 3 aliphatic heterocycles. The summed E-state index contributed by atoms with van der Waals surface area (Å²) in [6.07, 6.45) is 3.93. The molecule has 2 saturated heterocycles. The number of hydrogen-bond donors (Lipinski definition) is 4. The second-order valence-electron chi connectivity index (χ2n) is 10.4. The first-order valence-electron chi connectivity index (χ1n) is 13.1. The number of carbonyl (C=O) groups excluding carboxylic acids is 3. The zero-order valence-electron chi connectivity index (χ0n) is 22.2. The Labute approximate surface area is 233 Å². The van der Waals surface area contributed by atoms with E-state index in [2.05, 4.69) is 26.7 Å². The number of aldehydes is 1. The normalized spacial score (nSPS) is 21.4. The van der Waals surface area contributed by atoms with Gasteiger partial charge in [0, 0.05) is 55.8 Å². The van der Waals surface area contributed by atoms with E-state index >= 15 is 0 Å². The number of rotatable bonds is 6. The molecule has 0 radical (unpaired) electrons. The van der Waals surface area contributed by atoms with Crippen LogP contribution in [0.1, 0.15) is 40.0 Å². The molecule has 1 unspecified atom stereocenters. The van der Waals surface area contributed by atoms with Gasteiger partial charge in [0.15, 0.2) is 6.29 Å². The molecule has 0 aromatic carbocycles. The van der Waals surface area contributed by atoms with Crippen molar-refractivity contribution in [1.82, 2.24) is 19.8 Å². The number of carbonyl (C=O) groups is 3. The molecule has 0 spiro atoms. The van der Waals surface area contributed by atoms with E-state index in [0.717, 1.165) is 12.1 Å². The molecule has 3 aliphatic rings. The second kappa shape index (κ2) is 11.4. The average Bonchev–Trinajstić information content (AvgIpc) is 3.27. The van der Waals surface area contributed by atoms with Crippen molar-refractivity contribution in [2.75, 3.05) is 60.3 Å². The van der Waals surface area contributed by atoms with Crippen LogP contribution in [0.3, 0.4) is 0 Å². The molecule has 14 heteroatoms. The van der Waals surface area contributed by atoms with Gasteiger partial charge in [-0.1, -0.05) is 0 Å². The van der Waals surface area contributed by atoms with Crippen molar-refractivity contribution in [2.45, 2.75) is 31.8 Å². The van der Waals surface area contributed by atoms with Crippen molar-refractivity contribution >= 4 is 46.1 Å². The fourth-order valence-corrected chi connectivity index (χ4v) is 6.97. The van der Waals surface area contributed by atoms with Crippen molar-refractivity contribution in [3.05, 3.63) is 40.7 Å². The Balaban J connectivity index is 1.33. The number of likely N-dealkylation sites (N-methyl/N-ethyl adjacent to an activating group) is 1. The molecule has 5 heterocycles. The minimum atomic E-state index is -2.62. The molecule has 2 aromatic heterocycles. The lowest BCUT2D eigenvalue weighted by atomic mass is 10.0. The van der Waals surface area contributed by atoms with Gasteiger partial charge < -0.3 is 10.2 Å². The number of aryl methyl sites for hydroxylation is 1. The summed E-state index contributed by atoms with van der Waals surface area (Å²) in [6.45, 7) is 2.32. The summed E-state index contributed by atoms with van der Waals surface area (Å²) < 4.78 is 19.9. The van der Waals surface area contributed by atoms with E-state index in [1.54, 1.807) is 11.0 Å². The number of piperazine rings is 1. The highest BCUT2D eigenvalue weighted by Gasteiger charge is 2.30. The molecule has 5 rings (SSSR count). The number of anilines is 3. The van der Waals surface area contributed by atoms with E-state index in [-0.39, 0.29) is 41.3 Å².